The van der Waals surface area contributed by atoms with Crippen molar-refractivity contribution < 1.29 is 19.1 Å². The van der Waals surface area contributed by atoms with Crippen molar-refractivity contribution in [3.63, 3.8) is 0 Å². The van der Waals surface area contributed by atoms with Gasteiger partial charge in [0.1, 0.15) is 5.75 Å². The molecular weight excluding hydrogens is 572 g/mol. The van der Waals surface area contributed by atoms with Crippen LogP contribution in [0.4, 0.5) is 34.1 Å². The Balaban J connectivity index is 1.47. The smallest absolute Gasteiger partial charge is 0.335 e. The standard InChI is InChI=1S/C40H36N2O4/c1-5-39(43)45-28-27-31-11-17-34(18-12-31)41(32-13-7-29(3)8-14-32)35-19-21-36(22-20-35)42(33-15-9-30(4)10-16-33)37-23-25-38(26-24-37)46-40(44)6-2/h5-26H,1-2,27-28H2,3-4H3. The fourth-order valence-electron chi connectivity index (χ4n) is 4.99. The first-order valence-corrected chi connectivity index (χ1v) is 15.0. The lowest BCUT2D eigenvalue weighted by Gasteiger charge is -2.28. The Morgan fingerprint density at radius 2 is 0.891 bits per heavy atom. The summed E-state index contributed by atoms with van der Waals surface area (Å²) in [5, 5.41) is 0. The van der Waals surface area contributed by atoms with Gasteiger partial charge in [0.2, 0.25) is 0 Å². The third-order valence-electron chi connectivity index (χ3n) is 7.43. The average Bonchev–Trinajstić information content (AvgIpc) is 3.08. The molecular formula is C40H36N2O4. The fourth-order valence-corrected chi connectivity index (χ4v) is 4.99. The summed E-state index contributed by atoms with van der Waals surface area (Å²) in [6, 6.07) is 40.9. The van der Waals surface area contributed by atoms with Crippen molar-refractivity contribution in [2.24, 2.45) is 0 Å². The Morgan fingerprint density at radius 3 is 1.28 bits per heavy atom. The number of aryl methyl sites for hydroxylation is 2. The predicted molar refractivity (Wildman–Crippen MR) is 186 cm³/mol. The molecule has 0 amide bonds. The molecule has 0 N–H and O–H groups in total. The molecule has 5 aromatic rings. The molecule has 5 rings (SSSR count). The number of hydrogen-bond donors (Lipinski definition) is 0. The van der Waals surface area contributed by atoms with Crippen molar-refractivity contribution in [1.29, 1.82) is 0 Å². The third-order valence-corrected chi connectivity index (χ3v) is 7.43. The molecule has 6 heteroatoms. The molecule has 6 nitrogen and oxygen atoms in total. The van der Waals surface area contributed by atoms with E-state index in [0.717, 1.165) is 45.8 Å². The zero-order valence-corrected chi connectivity index (χ0v) is 26.1. The molecule has 0 radical (unpaired) electrons. The maximum atomic E-state index is 11.7. The molecule has 0 heterocycles. The van der Waals surface area contributed by atoms with Crippen molar-refractivity contribution in [3.8, 4) is 5.75 Å². The molecule has 0 aliphatic rings. The van der Waals surface area contributed by atoms with Crippen LogP contribution in [0.3, 0.4) is 0 Å². The molecule has 0 atom stereocenters. The van der Waals surface area contributed by atoms with Crippen LogP contribution in [0.15, 0.2) is 147 Å². The minimum absolute atomic E-state index is 0.299. The van der Waals surface area contributed by atoms with Crippen LogP contribution in [0.5, 0.6) is 5.75 Å². The van der Waals surface area contributed by atoms with Gasteiger partial charge in [0.15, 0.2) is 0 Å². The highest BCUT2D eigenvalue weighted by Gasteiger charge is 2.16. The second kappa shape index (κ2) is 14.7. The molecule has 0 saturated heterocycles. The van der Waals surface area contributed by atoms with E-state index < -0.39 is 11.9 Å². The second-order valence-corrected chi connectivity index (χ2v) is 10.8. The maximum Gasteiger partial charge on any atom is 0.335 e. The van der Waals surface area contributed by atoms with Gasteiger partial charge in [-0.3, -0.25) is 0 Å². The van der Waals surface area contributed by atoms with Crippen LogP contribution in [0.1, 0.15) is 16.7 Å². The monoisotopic (exact) mass is 608 g/mol. The number of benzene rings is 5. The minimum atomic E-state index is -0.500. The van der Waals surface area contributed by atoms with E-state index in [4.69, 9.17) is 9.47 Å². The van der Waals surface area contributed by atoms with E-state index in [1.54, 1.807) is 12.1 Å². The molecule has 0 aromatic heterocycles. The zero-order valence-electron chi connectivity index (χ0n) is 26.1. The van der Waals surface area contributed by atoms with Gasteiger partial charge < -0.3 is 19.3 Å². The number of anilines is 6. The van der Waals surface area contributed by atoms with Crippen LogP contribution in [-0.4, -0.2) is 18.5 Å². The van der Waals surface area contributed by atoms with E-state index in [-0.39, 0.29) is 0 Å². The minimum Gasteiger partial charge on any atom is -0.462 e. The van der Waals surface area contributed by atoms with Gasteiger partial charge in [-0.15, -0.1) is 0 Å². The topological polar surface area (TPSA) is 59.1 Å². The molecule has 5 aromatic carbocycles. The quantitative estimate of drug-likeness (QED) is 0.0799. The van der Waals surface area contributed by atoms with Gasteiger partial charge in [-0.25, -0.2) is 9.59 Å². The summed E-state index contributed by atoms with van der Waals surface area (Å²) in [5.41, 5.74) is 9.34. The van der Waals surface area contributed by atoms with Gasteiger partial charge in [-0.05, 0) is 104 Å². The van der Waals surface area contributed by atoms with E-state index in [2.05, 4.69) is 134 Å². The molecule has 0 spiro atoms. The van der Waals surface area contributed by atoms with Crippen LogP contribution in [0.25, 0.3) is 0 Å². The lowest BCUT2D eigenvalue weighted by Crippen LogP contribution is -2.12. The van der Waals surface area contributed by atoms with E-state index in [1.165, 1.54) is 17.2 Å². The first kappa shape index (κ1) is 31.5. The highest BCUT2D eigenvalue weighted by atomic mass is 16.5. The Kier molecular flexibility index (Phi) is 10.1. The Hall–Kier alpha value is -5.88. The first-order valence-electron chi connectivity index (χ1n) is 15.0. The number of nitrogens with zero attached hydrogens (tertiary/aromatic N) is 2. The van der Waals surface area contributed by atoms with Gasteiger partial charge in [0.25, 0.3) is 0 Å². The predicted octanol–water partition coefficient (Wildman–Crippen LogP) is 9.61. The number of ether oxygens (including phenoxy) is 2. The number of carbonyl (C=O) groups is 2. The summed E-state index contributed by atoms with van der Waals surface area (Å²) in [6.45, 7) is 11.4. The van der Waals surface area contributed by atoms with Crippen LogP contribution < -0.4 is 14.5 Å². The van der Waals surface area contributed by atoms with E-state index >= 15 is 0 Å². The second-order valence-electron chi connectivity index (χ2n) is 10.8. The van der Waals surface area contributed by atoms with E-state index in [1.807, 2.05) is 12.1 Å². The van der Waals surface area contributed by atoms with Crippen molar-refractivity contribution >= 4 is 46.1 Å². The van der Waals surface area contributed by atoms with Gasteiger partial charge in [-0.2, -0.15) is 0 Å². The lowest BCUT2D eigenvalue weighted by molar-refractivity contribution is -0.137. The summed E-state index contributed by atoms with van der Waals surface area (Å²) in [7, 11) is 0. The Morgan fingerprint density at radius 1 is 0.543 bits per heavy atom. The molecule has 0 fully saturated rings. The highest BCUT2D eigenvalue weighted by Crippen LogP contribution is 2.39. The number of carbonyl (C=O) groups excluding carboxylic acids is 2. The zero-order chi connectivity index (χ0) is 32.5. The summed E-state index contributed by atoms with van der Waals surface area (Å²) in [5.74, 6) is -0.469. The lowest BCUT2D eigenvalue weighted by atomic mass is 10.1. The molecule has 46 heavy (non-hydrogen) atoms. The van der Waals surface area contributed by atoms with Crippen LogP contribution in [0.2, 0.25) is 0 Å². The summed E-state index contributed by atoms with van der Waals surface area (Å²) >= 11 is 0. The summed E-state index contributed by atoms with van der Waals surface area (Å²) in [4.78, 5) is 27.5. The molecule has 0 saturated carbocycles. The van der Waals surface area contributed by atoms with Gasteiger partial charge in [-0.1, -0.05) is 60.7 Å². The average molecular weight is 609 g/mol. The summed E-state index contributed by atoms with van der Waals surface area (Å²) in [6.07, 6.45) is 2.94. The van der Waals surface area contributed by atoms with Crippen LogP contribution in [-0.2, 0) is 20.7 Å². The van der Waals surface area contributed by atoms with Crippen molar-refractivity contribution in [1.82, 2.24) is 0 Å². The molecule has 0 bridgehead atoms. The van der Waals surface area contributed by atoms with Crippen LogP contribution in [0, 0.1) is 13.8 Å². The fraction of sp³-hybridized carbons (Fsp3) is 0.100. The maximum absolute atomic E-state index is 11.7. The number of hydrogen-bond acceptors (Lipinski definition) is 6. The SMILES string of the molecule is C=CC(=O)OCCc1ccc(N(c2ccc(C)cc2)c2ccc(N(c3ccc(C)cc3)c3ccc(OC(=O)C=C)cc3)cc2)cc1. The third kappa shape index (κ3) is 7.79. The van der Waals surface area contributed by atoms with Crippen molar-refractivity contribution in [3.05, 3.63) is 163 Å². The van der Waals surface area contributed by atoms with Crippen LogP contribution >= 0.6 is 0 Å². The van der Waals surface area contributed by atoms with E-state index in [9.17, 15) is 9.59 Å². The summed E-state index contributed by atoms with van der Waals surface area (Å²) < 4.78 is 10.4. The molecule has 0 aliphatic heterocycles. The van der Waals surface area contributed by atoms with Crippen molar-refractivity contribution in [2.45, 2.75) is 20.3 Å². The van der Waals surface area contributed by atoms with Crippen molar-refractivity contribution in [2.75, 3.05) is 16.4 Å². The Bertz CT molecular complexity index is 1790. The number of rotatable bonds is 12. The van der Waals surface area contributed by atoms with Gasteiger partial charge in [0.05, 0.1) is 6.61 Å². The van der Waals surface area contributed by atoms with Gasteiger partial charge >= 0.3 is 11.9 Å². The Labute approximate surface area is 270 Å². The molecule has 0 unspecified atom stereocenters. The van der Waals surface area contributed by atoms with Gasteiger partial charge in [0, 0.05) is 52.7 Å². The molecule has 0 aliphatic carbocycles. The number of esters is 2. The largest absolute Gasteiger partial charge is 0.462 e. The molecule has 230 valence electrons. The normalized spacial score (nSPS) is 10.5. The first-order chi connectivity index (χ1) is 22.3. The highest BCUT2D eigenvalue weighted by molar-refractivity contribution is 5.84. The van der Waals surface area contributed by atoms with E-state index in [0.29, 0.717) is 18.8 Å².